The molecule has 1 unspecified atom stereocenters. The van der Waals surface area contributed by atoms with Gasteiger partial charge in [-0.3, -0.25) is 5.10 Å². The van der Waals surface area contributed by atoms with Crippen molar-refractivity contribution in [2.75, 3.05) is 17.6 Å². The number of anilines is 2. The van der Waals surface area contributed by atoms with Gasteiger partial charge in [0.2, 0.25) is 0 Å². The van der Waals surface area contributed by atoms with Gasteiger partial charge in [-0.05, 0) is 43.3 Å². The molecule has 0 saturated carbocycles. The fourth-order valence-corrected chi connectivity index (χ4v) is 2.80. The number of rotatable bonds is 5. The molecule has 0 aliphatic heterocycles. The van der Waals surface area contributed by atoms with Gasteiger partial charge in [-0.25, -0.2) is 4.98 Å². The van der Waals surface area contributed by atoms with Gasteiger partial charge in [-0.15, -0.1) is 0 Å². The Morgan fingerprint density at radius 3 is 3.00 bits per heavy atom. The Kier molecular flexibility index (Phi) is 3.85. The van der Waals surface area contributed by atoms with Gasteiger partial charge in [0.25, 0.3) is 0 Å². The number of para-hydroxylation sites is 1. The minimum atomic E-state index is -0.0334. The van der Waals surface area contributed by atoms with E-state index in [2.05, 4.69) is 26.6 Å². The summed E-state index contributed by atoms with van der Waals surface area (Å²) in [4.78, 5) is 4.40. The SMILES string of the molecule is CC(CNc1ccc2[nH]ncc2c1)Oc1cccc2ccc(N)nc12. The van der Waals surface area contributed by atoms with Gasteiger partial charge in [0.05, 0.1) is 18.3 Å². The van der Waals surface area contributed by atoms with Crippen molar-refractivity contribution < 1.29 is 4.74 Å². The van der Waals surface area contributed by atoms with E-state index in [1.807, 2.05) is 49.5 Å². The Hall–Kier alpha value is -3.28. The number of nitrogens with two attached hydrogens (primary N) is 1. The molecule has 2 aromatic carbocycles. The van der Waals surface area contributed by atoms with Crippen molar-refractivity contribution in [2.45, 2.75) is 13.0 Å². The highest BCUT2D eigenvalue weighted by molar-refractivity contribution is 5.85. The Morgan fingerprint density at radius 2 is 2.08 bits per heavy atom. The van der Waals surface area contributed by atoms with Crippen molar-refractivity contribution in [1.82, 2.24) is 15.2 Å². The minimum Gasteiger partial charge on any atom is -0.487 e. The molecule has 4 rings (SSSR count). The number of aromatic nitrogens is 3. The third-order valence-electron chi connectivity index (χ3n) is 4.07. The standard InChI is InChI=1S/C19H19N5O/c1-12(10-21-15-6-7-16-14(9-15)11-22-24-16)25-17-4-2-3-13-5-8-18(20)23-19(13)17/h2-9,11-12,21H,10H2,1H3,(H2,20,23)(H,22,24). The smallest absolute Gasteiger partial charge is 0.146 e. The molecule has 0 fully saturated rings. The number of ether oxygens (including phenoxy) is 1. The van der Waals surface area contributed by atoms with Crippen molar-refractivity contribution in [3.05, 3.63) is 54.7 Å². The number of H-pyrrole nitrogens is 1. The Labute approximate surface area is 145 Å². The molecule has 0 aliphatic carbocycles. The van der Waals surface area contributed by atoms with Crippen LogP contribution < -0.4 is 15.8 Å². The van der Waals surface area contributed by atoms with Gasteiger partial charge in [-0.1, -0.05) is 12.1 Å². The number of nitrogens with zero attached hydrogens (tertiary/aromatic N) is 2. The lowest BCUT2D eigenvalue weighted by Crippen LogP contribution is -2.22. The maximum absolute atomic E-state index is 6.08. The molecule has 4 N–H and O–H groups in total. The van der Waals surface area contributed by atoms with Gasteiger partial charge in [0, 0.05) is 16.5 Å². The zero-order chi connectivity index (χ0) is 17.2. The second-order valence-corrected chi connectivity index (χ2v) is 6.05. The number of nitrogen functional groups attached to an aromatic ring is 1. The van der Waals surface area contributed by atoms with Crippen LogP contribution in [0.25, 0.3) is 21.8 Å². The van der Waals surface area contributed by atoms with Crippen LogP contribution in [0.5, 0.6) is 5.75 Å². The third kappa shape index (κ3) is 3.19. The number of nitrogens with one attached hydrogen (secondary N) is 2. The van der Waals surface area contributed by atoms with E-state index >= 15 is 0 Å². The van der Waals surface area contributed by atoms with E-state index in [0.717, 1.165) is 33.2 Å². The normalized spacial score (nSPS) is 12.4. The van der Waals surface area contributed by atoms with Crippen LogP contribution in [0.1, 0.15) is 6.92 Å². The van der Waals surface area contributed by atoms with Crippen molar-refractivity contribution in [1.29, 1.82) is 0 Å². The Bertz CT molecular complexity index is 1030. The molecule has 6 heteroatoms. The average Bonchev–Trinajstić information content (AvgIpc) is 3.08. The van der Waals surface area contributed by atoms with Crippen LogP contribution in [0.4, 0.5) is 11.5 Å². The number of pyridine rings is 1. The van der Waals surface area contributed by atoms with E-state index in [-0.39, 0.29) is 6.10 Å². The summed E-state index contributed by atoms with van der Waals surface area (Å²) < 4.78 is 6.08. The van der Waals surface area contributed by atoms with Crippen LogP contribution in [-0.4, -0.2) is 27.8 Å². The number of hydrogen-bond acceptors (Lipinski definition) is 5. The van der Waals surface area contributed by atoms with Gasteiger partial charge in [-0.2, -0.15) is 5.10 Å². The molecule has 25 heavy (non-hydrogen) atoms. The molecule has 0 saturated heterocycles. The highest BCUT2D eigenvalue weighted by Crippen LogP contribution is 2.25. The topological polar surface area (TPSA) is 88.8 Å². The first-order valence-electron chi connectivity index (χ1n) is 8.18. The summed E-state index contributed by atoms with van der Waals surface area (Å²) in [6, 6.07) is 15.7. The first kappa shape index (κ1) is 15.3. The monoisotopic (exact) mass is 333 g/mol. The van der Waals surface area contributed by atoms with E-state index in [0.29, 0.717) is 12.4 Å². The second-order valence-electron chi connectivity index (χ2n) is 6.05. The maximum Gasteiger partial charge on any atom is 0.146 e. The van der Waals surface area contributed by atoms with E-state index in [1.54, 1.807) is 6.07 Å². The lowest BCUT2D eigenvalue weighted by atomic mass is 10.2. The third-order valence-corrected chi connectivity index (χ3v) is 4.07. The van der Waals surface area contributed by atoms with E-state index in [1.165, 1.54) is 0 Å². The van der Waals surface area contributed by atoms with Gasteiger partial charge in [0.1, 0.15) is 23.2 Å². The quantitative estimate of drug-likeness (QED) is 0.519. The summed E-state index contributed by atoms with van der Waals surface area (Å²) >= 11 is 0. The molecule has 4 aromatic rings. The van der Waals surface area contributed by atoms with E-state index < -0.39 is 0 Å². The predicted molar refractivity (Wildman–Crippen MR) is 101 cm³/mol. The van der Waals surface area contributed by atoms with Crippen molar-refractivity contribution in [3.8, 4) is 5.75 Å². The summed E-state index contributed by atoms with van der Waals surface area (Å²) in [5.41, 5.74) is 8.65. The number of fused-ring (bicyclic) bond motifs is 2. The molecule has 126 valence electrons. The van der Waals surface area contributed by atoms with Crippen LogP contribution in [-0.2, 0) is 0 Å². The van der Waals surface area contributed by atoms with E-state index in [4.69, 9.17) is 10.5 Å². The first-order chi connectivity index (χ1) is 12.2. The molecular formula is C19H19N5O. The van der Waals surface area contributed by atoms with Crippen LogP contribution in [0.15, 0.2) is 54.7 Å². The molecule has 1 atom stereocenters. The predicted octanol–water partition coefficient (Wildman–Crippen LogP) is 3.57. The fraction of sp³-hybridized carbons (Fsp3) is 0.158. The zero-order valence-electron chi connectivity index (χ0n) is 13.9. The largest absolute Gasteiger partial charge is 0.487 e. The van der Waals surface area contributed by atoms with Crippen LogP contribution in [0.3, 0.4) is 0 Å². The molecule has 0 amide bonds. The van der Waals surface area contributed by atoms with Crippen molar-refractivity contribution in [3.63, 3.8) is 0 Å². The van der Waals surface area contributed by atoms with E-state index in [9.17, 15) is 0 Å². The van der Waals surface area contributed by atoms with Crippen molar-refractivity contribution >= 4 is 33.3 Å². The molecule has 0 aliphatic rings. The molecule has 6 nitrogen and oxygen atoms in total. The summed E-state index contributed by atoms with van der Waals surface area (Å²) in [6.45, 7) is 2.69. The second kappa shape index (κ2) is 6.32. The van der Waals surface area contributed by atoms with Gasteiger partial charge in [0.15, 0.2) is 0 Å². The van der Waals surface area contributed by atoms with Gasteiger partial charge >= 0.3 is 0 Å². The molecule has 2 aromatic heterocycles. The highest BCUT2D eigenvalue weighted by atomic mass is 16.5. The van der Waals surface area contributed by atoms with Crippen LogP contribution in [0.2, 0.25) is 0 Å². The maximum atomic E-state index is 6.08. The highest BCUT2D eigenvalue weighted by Gasteiger charge is 2.09. The zero-order valence-corrected chi connectivity index (χ0v) is 13.9. The summed E-state index contributed by atoms with van der Waals surface area (Å²) in [7, 11) is 0. The number of hydrogen-bond donors (Lipinski definition) is 3. The lowest BCUT2D eigenvalue weighted by molar-refractivity contribution is 0.237. The van der Waals surface area contributed by atoms with Gasteiger partial charge < -0.3 is 15.8 Å². The number of aromatic amines is 1. The van der Waals surface area contributed by atoms with Crippen LogP contribution >= 0.6 is 0 Å². The number of benzene rings is 2. The lowest BCUT2D eigenvalue weighted by Gasteiger charge is -2.17. The summed E-state index contributed by atoms with van der Waals surface area (Å²) in [5.74, 6) is 1.23. The summed E-state index contributed by atoms with van der Waals surface area (Å²) in [6.07, 6.45) is 1.78. The minimum absolute atomic E-state index is 0.0334. The van der Waals surface area contributed by atoms with Crippen molar-refractivity contribution in [2.24, 2.45) is 0 Å². The molecule has 0 radical (unpaired) electrons. The average molecular weight is 333 g/mol. The Balaban J connectivity index is 1.46. The van der Waals surface area contributed by atoms with Crippen LogP contribution in [0, 0.1) is 0 Å². The molecule has 0 spiro atoms. The summed E-state index contributed by atoms with van der Waals surface area (Å²) in [5, 5.41) is 12.5. The molecule has 0 bridgehead atoms. The molecule has 2 heterocycles. The fourth-order valence-electron chi connectivity index (χ4n) is 2.80. The first-order valence-corrected chi connectivity index (χ1v) is 8.18. The molecular weight excluding hydrogens is 314 g/mol. The Morgan fingerprint density at radius 1 is 1.16 bits per heavy atom.